The second-order valence-corrected chi connectivity index (χ2v) is 6.22. The third-order valence-electron chi connectivity index (χ3n) is 4.74. The maximum absolute atomic E-state index is 13.1. The number of hydrogen-bond donors (Lipinski definition) is 0. The average molecular weight is 344 g/mol. The Balaban J connectivity index is 1.86. The van der Waals surface area contributed by atoms with Crippen molar-refractivity contribution in [1.29, 1.82) is 0 Å². The molecule has 0 bridgehead atoms. The minimum atomic E-state index is -0.515. The van der Waals surface area contributed by atoms with Gasteiger partial charge in [-0.3, -0.25) is 14.1 Å². The number of nitrogens with zero attached hydrogens (tertiary/aromatic N) is 4. The summed E-state index contributed by atoms with van der Waals surface area (Å²) < 4.78 is 16.4. The van der Waals surface area contributed by atoms with Gasteiger partial charge in [-0.2, -0.15) is 4.39 Å². The number of pyridine rings is 2. The van der Waals surface area contributed by atoms with Crippen LogP contribution in [-0.4, -0.2) is 19.1 Å². The summed E-state index contributed by atoms with van der Waals surface area (Å²) in [6.45, 7) is 0. The van der Waals surface area contributed by atoms with Gasteiger partial charge in [0.15, 0.2) is 0 Å². The van der Waals surface area contributed by atoms with Crippen LogP contribution in [0.4, 0.5) is 4.39 Å². The Morgan fingerprint density at radius 3 is 2.54 bits per heavy atom. The van der Waals surface area contributed by atoms with Gasteiger partial charge < -0.3 is 0 Å². The number of imidazole rings is 1. The molecule has 0 saturated heterocycles. The zero-order valence-corrected chi connectivity index (χ0v) is 13.8. The molecule has 0 N–H and O–H groups in total. The summed E-state index contributed by atoms with van der Waals surface area (Å²) in [6, 6.07) is 8.82. The first-order chi connectivity index (χ1) is 12.6. The predicted molar refractivity (Wildman–Crippen MR) is 99.1 cm³/mol. The van der Waals surface area contributed by atoms with Gasteiger partial charge >= 0.3 is 5.69 Å². The summed E-state index contributed by atoms with van der Waals surface area (Å²) in [6.07, 6.45) is 8.93. The molecule has 0 saturated carbocycles. The van der Waals surface area contributed by atoms with Crippen molar-refractivity contribution in [3.63, 3.8) is 0 Å². The summed E-state index contributed by atoms with van der Waals surface area (Å²) >= 11 is 0. The Labute approximate surface area is 147 Å². The van der Waals surface area contributed by atoms with Gasteiger partial charge in [0.1, 0.15) is 0 Å². The van der Waals surface area contributed by atoms with Crippen LogP contribution in [0, 0.1) is 5.95 Å². The lowest BCUT2D eigenvalue weighted by molar-refractivity contribution is 0.584. The molecule has 6 heteroatoms. The molecule has 26 heavy (non-hydrogen) atoms. The Morgan fingerprint density at radius 2 is 1.85 bits per heavy atom. The Hall–Kier alpha value is -3.54. The van der Waals surface area contributed by atoms with Crippen LogP contribution in [0.2, 0.25) is 0 Å². The fraction of sp³-hybridized carbons (Fsp3) is 0.0500. The van der Waals surface area contributed by atoms with Crippen molar-refractivity contribution >= 4 is 27.6 Å². The standard InChI is InChI=1S/C20H13FN4O/c1-24-17-11-22-16-7-5-12(13-6-8-18(21)23-10-13)9-15(16)19(17)25(20(24)26)14-3-2-4-14/h2-11H,1H3. The third kappa shape index (κ3) is 1.99. The molecule has 1 aliphatic rings. The number of rotatable bonds is 2. The van der Waals surface area contributed by atoms with Crippen molar-refractivity contribution in [2.45, 2.75) is 0 Å². The fourth-order valence-corrected chi connectivity index (χ4v) is 3.29. The van der Waals surface area contributed by atoms with Gasteiger partial charge in [-0.25, -0.2) is 9.78 Å². The fourth-order valence-electron chi connectivity index (χ4n) is 3.29. The second kappa shape index (κ2) is 5.23. The molecule has 0 unspecified atom stereocenters. The molecule has 1 aromatic carbocycles. The van der Waals surface area contributed by atoms with Gasteiger partial charge in [-0.1, -0.05) is 12.1 Å². The van der Waals surface area contributed by atoms with Crippen molar-refractivity contribution in [3.8, 4) is 11.1 Å². The largest absolute Gasteiger partial charge is 0.333 e. The third-order valence-corrected chi connectivity index (χ3v) is 4.74. The van der Waals surface area contributed by atoms with E-state index in [0.717, 1.165) is 38.8 Å². The lowest BCUT2D eigenvalue weighted by Crippen LogP contribution is -2.22. The average Bonchev–Trinajstić information content (AvgIpc) is 2.86. The Bertz CT molecular complexity index is 1310. The number of hydrogen-bond acceptors (Lipinski definition) is 3. The molecule has 0 amide bonds. The summed E-state index contributed by atoms with van der Waals surface area (Å²) in [5, 5.41) is 0.864. The molecule has 1 aliphatic carbocycles. The van der Waals surface area contributed by atoms with Crippen LogP contribution in [0.3, 0.4) is 0 Å². The molecule has 3 aromatic heterocycles. The molecule has 0 atom stereocenters. The van der Waals surface area contributed by atoms with Crippen LogP contribution < -0.4 is 5.69 Å². The molecule has 0 aliphatic heterocycles. The molecule has 3 heterocycles. The van der Waals surface area contributed by atoms with Crippen LogP contribution in [0.1, 0.15) is 0 Å². The topological polar surface area (TPSA) is 52.7 Å². The van der Waals surface area contributed by atoms with Crippen LogP contribution in [-0.2, 0) is 7.05 Å². The van der Waals surface area contributed by atoms with E-state index in [2.05, 4.69) is 9.97 Å². The number of halogens is 1. The van der Waals surface area contributed by atoms with E-state index < -0.39 is 5.95 Å². The van der Waals surface area contributed by atoms with Crippen LogP contribution in [0.5, 0.6) is 0 Å². The number of allylic oxidation sites excluding steroid dienone is 4. The summed E-state index contributed by atoms with van der Waals surface area (Å²) in [5.74, 6) is -0.515. The molecule has 4 aromatic rings. The van der Waals surface area contributed by atoms with Crippen molar-refractivity contribution in [2.75, 3.05) is 0 Å². The molecule has 126 valence electrons. The smallest absolute Gasteiger partial charge is 0.293 e. The lowest BCUT2D eigenvalue weighted by Gasteiger charge is -2.11. The Kier molecular flexibility index (Phi) is 2.97. The van der Waals surface area contributed by atoms with Crippen molar-refractivity contribution in [3.05, 3.63) is 77.4 Å². The van der Waals surface area contributed by atoms with Crippen LogP contribution in [0.25, 0.3) is 38.8 Å². The minimum absolute atomic E-state index is 0.112. The maximum atomic E-state index is 13.1. The highest BCUT2D eigenvalue weighted by molar-refractivity contribution is 6.05. The summed E-state index contributed by atoms with van der Waals surface area (Å²) in [7, 11) is 1.74. The van der Waals surface area contributed by atoms with E-state index in [1.807, 2.05) is 36.4 Å². The van der Waals surface area contributed by atoms with E-state index >= 15 is 0 Å². The van der Waals surface area contributed by atoms with E-state index in [1.165, 1.54) is 12.3 Å². The van der Waals surface area contributed by atoms with Gasteiger partial charge in [0.2, 0.25) is 5.95 Å². The van der Waals surface area contributed by atoms with E-state index in [-0.39, 0.29) is 5.69 Å². The van der Waals surface area contributed by atoms with Crippen LogP contribution in [0.15, 0.2) is 65.7 Å². The number of fused-ring (bicyclic) bond motifs is 3. The lowest BCUT2D eigenvalue weighted by atomic mass is 10.0. The summed E-state index contributed by atoms with van der Waals surface area (Å²) in [4.78, 5) is 20.9. The van der Waals surface area contributed by atoms with Crippen molar-refractivity contribution < 1.29 is 4.39 Å². The molecule has 0 fully saturated rings. The monoisotopic (exact) mass is 344 g/mol. The van der Waals surface area contributed by atoms with E-state index in [0.29, 0.717) is 0 Å². The minimum Gasteiger partial charge on any atom is -0.293 e. The number of aryl methyl sites for hydroxylation is 1. The van der Waals surface area contributed by atoms with E-state index in [1.54, 1.807) is 28.4 Å². The number of benzene rings is 1. The second-order valence-electron chi connectivity index (χ2n) is 6.22. The van der Waals surface area contributed by atoms with Gasteiger partial charge in [0.25, 0.3) is 0 Å². The van der Waals surface area contributed by atoms with Gasteiger partial charge in [-0.15, -0.1) is 0 Å². The molecular weight excluding hydrogens is 331 g/mol. The zero-order valence-electron chi connectivity index (χ0n) is 13.8. The first kappa shape index (κ1) is 14.8. The van der Waals surface area contributed by atoms with Gasteiger partial charge in [0, 0.05) is 24.2 Å². The normalized spacial score (nSPS) is 13.2. The summed E-state index contributed by atoms with van der Waals surface area (Å²) in [5.41, 5.74) is 4.80. The van der Waals surface area contributed by atoms with Crippen molar-refractivity contribution in [1.82, 2.24) is 19.1 Å². The molecular formula is C20H13FN4O. The molecule has 5 rings (SSSR count). The van der Waals surface area contributed by atoms with Gasteiger partial charge in [-0.05, 0) is 42.0 Å². The Morgan fingerprint density at radius 1 is 1.04 bits per heavy atom. The highest BCUT2D eigenvalue weighted by atomic mass is 19.1. The predicted octanol–water partition coefficient (Wildman–Crippen LogP) is 3.50. The van der Waals surface area contributed by atoms with Crippen molar-refractivity contribution in [2.24, 2.45) is 7.05 Å². The molecule has 0 radical (unpaired) electrons. The zero-order chi connectivity index (χ0) is 17.8. The highest BCUT2D eigenvalue weighted by Gasteiger charge is 2.18. The highest BCUT2D eigenvalue weighted by Crippen LogP contribution is 2.30. The SMILES string of the molecule is Cn1c(=O)n(C2=CC=C2)c2c3cc(-c4ccc(F)nc4)ccc3ncc21. The molecule has 0 spiro atoms. The first-order valence-corrected chi connectivity index (χ1v) is 8.14. The van der Waals surface area contributed by atoms with E-state index in [9.17, 15) is 9.18 Å². The number of aromatic nitrogens is 4. The quantitative estimate of drug-likeness (QED) is 0.523. The van der Waals surface area contributed by atoms with E-state index in [4.69, 9.17) is 0 Å². The molecule has 5 nitrogen and oxygen atoms in total. The maximum Gasteiger partial charge on any atom is 0.333 e. The van der Waals surface area contributed by atoms with Gasteiger partial charge in [0.05, 0.1) is 28.4 Å². The van der Waals surface area contributed by atoms with Crippen LogP contribution >= 0.6 is 0 Å². The first-order valence-electron chi connectivity index (χ1n) is 8.14.